The van der Waals surface area contributed by atoms with E-state index in [9.17, 15) is 0 Å². The van der Waals surface area contributed by atoms with Crippen molar-refractivity contribution in [3.05, 3.63) is 0 Å². The average molecular weight is 93.2 g/mol. The monoisotopic (exact) mass is 93.0 g/mol. The van der Waals surface area contributed by atoms with Crippen LogP contribution in [0.3, 0.4) is 0 Å². The molecular formula is C2H7NOS. The van der Waals surface area contributed by atoms with Crippen LogP contribution in [0.5, 0.6) is 0 Å². The largest absolute Gasteiger partial charge is 0.356 e. The summed E-state index contributed by atoms with van der Waals surface area (Å²) in [5, 5.41) is 0. The van der Waals surface area contributed by atoms with Gasteiger partial charge < -0.3 is 10.5 Å². The van der Waals surface area contributed by atoms with Gasteiger partial charge in [-0.05, 0) is 0 Å². The average Bonchev–Trinajstić information content (AvgIpc) is 1.41. The van der Waals surface area contributed by atoms with Gasteiger partial charge in [0.1, 0.15) is 0 Å². The molecule has 0 heterocycles. The van der Waals surface area contributed by atoms with Crippen molar-refractivity contribution in [2.24, 2.45) is 5.73 Å². The number of ether oxygens (including phenoxy) is 1. The molecule has 0 aromatic heterocycles. The normalized spacial score (nSPS) is 8.40. The van der Waals surface area contributed by atoms with E-state index in [4.69, 9.17) is 5.73 Å². The molecule has 0 saturated carbocycles. The summed E-state index contributed by atoms with van der Waals surface area (Å²) in [5.41, 5.74) is 4.87. The van der Waals surface area contributed by atoms with Gasteiger partial charge in [-0.3, -0.25) is 0 Å². The summed E-state index contributed by atoms with van der Waals surface area (Å²) in [6, 6.07) is 0. The molecule has 0 aliphatic carbocycles. The van der Waals surface area contributed by atoms with Gasteiger partial charge >= 0.3 is 0 Å². The fraction of sp³-hybridized carbons (Fsp3) is 1.00. The molecule has 0 atom stereocenters. The SMILES string of the molecule is NCOCS. The Morgan fingerprint density at radius 2 is 2.40 bits per heavy atom. The lowest BCUT2D eigenvalue weighted by atomic mass is 11.3. The predicted molar refractivity (Wildman–Crippen MR) is 24.0 cm³/mol. The fourth-order valence-electron chi connectivity index (χ4n) is 0.0527. The molecule has 0 unspecified atom stereocenters. The molecule has 5 heavy (non-hydrogen) atoms. The highest BCUT2D eigenvalue weighted by molar-refractivity contribution is 7.80. The molecule has 0 aromatic carbocycles. The third-order valence-corrected chi connectivity index (χ3v) is 0.392. The quantitative estimate of drug-likeness (QED) is 0.366. The van der Waals surface area contributed by atoms with Crippen LogP contribution in [0, 0.1) is 0 Å². The van der Waals surface area contributed by atoms with Gasteiger partial charge in [-0.25, -0.2) is 0 Å². The maximum absolute atomic E-state index is 4.87. The Balaban J connectivity index is 2.19. The molecule has 2 nitrogen and oxygen atoms in total. The first-order chi connectivity index (χ1) is 2.41. The molecule has 32 valence electrons. The summed E-state index contributed by atoms with van der Waals surface area (Å²) in [7, 11) is 0. The first-order valence-electron chi connectivity index (χ1n) is 1.30. The zero-order valence-electron chi connectivity index (χ0n) is 2.85. The highest BCUT2D eigenvalue weighted by atomic mass is 32.1. The van der Waals surface area contributed by atoms with Gasteiger partial charge in [-0.15, -0.1) is 0 Å². The second kappa shape index (κ2) is 4.27. The minimum Gasteiger partial charge on any atom is -0.356 e. The second-order valence-electron chi connectivity index (χ2n) is 0.500. The third kappa shape index (κ3) is 4.27. The first-order valence-corrected chi connectivity index (χ1v) is 1.93. The summed E-state index contributed by atoms with van der Waals surface area (Å²) in [6.07, 6.45) is 0. The smallest absolute Gasteiger partial charge is 0.0951 e. The molecule has 0 bridgehead atoms. The molecule has 0 amide bonds. The van der Waals surface area contributed by atoms with Gasteiger partial charge in [-0.1, -0.05) is 0 Å². The van der Waals surface area contributed by atoms with Crippen molar-refractivity contribution in [2.75, 3.05) is 12.7 Å². The number of hydrogen-bond donors (Lipinski definition) is 2. The van der Waals surface area contributed by atoms with E-state index in [1.165, 1.54) is 0 Å². The maximum atomic E-state index is 4.87. The van der Waals surface area contributed by atoms with Crippen molar-refractivity contribution in [3.63, 3.8) is 0 Å². The predicted octanol–water partition coefficient (Wildman–Crippen LogP) is -0.193. The fourth-order valence-corrected chi connectivity index (χ4v) is 0.158. The Bertz CT molecular complexity index is 17.1. The maximum Gasteiger partial charge on any atom is 0.0951 e. The van der Waals surface area contributed by atoms with Gasteiger partial charge in [0.15, 0.2) is 0 Å². The summed E-state index contributed by atoms with van der Waals surface area (Å²) in [6.45, 7) is 0.267. The Morgan fingerprint density at radius 3 is 2.40 bits per heavy atom. The van der Waals surface area contributed by atoms with Crippen LogP contribution in [0.25, 0.3) is 0 Å². The van der Waals surface area contributed by atoms with Gasteiger partial charge in [-0.2, -0.15) is 12.6 Å². The number of nitrogens with two attached hydrogens (primary N) is 1. The van der Waals surface area contributed by atoms with Crippen molar-refractivity contribution in [1.82, 2.24) is 0 Å². The van der Waals surface area contributed by atoms with Crippen molar-refractivity contribution in [2.45, 2.75) is 0 Å². The zero-order chi connectivity index (χ0) is 4.12. The van der Waals surface area contributed by atoms with Crippen LogP contribution >= 0.6 is 12.6 Å². The van der Waals surface area contributed by atoms with E-state index in [1.54, 1.807) is 0 Å². The number of hydrogen-bond acceptors (Lipinski definition) is 3. The lowest BCUT2D eigenvalue weighted by Crippen LogP contribution is -2.01. The molecule has 0 spiro atoms. The molecule has 0 aliphatic heterocycles. The first kappa shape index (κ1) is 5.27. The summed E-state index contributed by atoms with van der Waals surface area (Å²) >= 11 is 3.70. The van der Waals surface area contributed by atoms with Crippen molar-refractivity contribution in [3.8, 4) is 0 Å². The van der Waals surface area contributed by atoms with E-state index < -0.39 is 0 Å². The lowest BCUT2D eigenvalue weighted by molar-refractivity contribution is 0.192. The third-order valence-electron chi connectivity index (χ3n) is 0.209. The van der Waals surface area contributed by atoms with Crippen molar-refractivity contribution < 1.29 is 4.74 Å². The van der Waals surface area contributed by atoms with Crippen LogP contribution in [0.15, 0.2) is 0 Å². The molecule has 0 aliphatic rings. The minimum absolute atomic E-state index is 0.267. The van der Waals surface area contributed by atoms with Crippen LogP contribution < -0.4 is 5.73 Å². The van der Waals surface area contributed by atoms with Gasteiger partial charge in [0, 0.05) is 0 Å². The summed E-state index contributed by atoms with van der Waals surface area (Å²) in [4.78, 5) is 0. The summed E-state index contributed by atoms with van der Waals surface area (Å²) < 4.78 is 4.48. The Morgan fingerprint density at radius 1 is 1.80 bits per heavy atom. The van der Waals surface area contributed by atoms with Crippen LogP contribution in [0.1, 0.15) is 0 Å². The number of thiol groups is 1. The summed E-state index contributed by atoms with van der Waals surface area (Å²) in [5.74, 6) is 0.413. The minimum atomic E-state index is 0.267. The number of rotatable bonds is 2. The highest BCUT2D eigenvalue weighted by Gasteiger charge is 1.64. The van der Waals surface area contributed by atoms with E-state index in [0.29, 0.717) is 5.94 Å². The highest BCUT2D eigenvalue weighted by Crippen LogP contribution is 1.68. The van der Waals surface area contributed by atoms with Crippen molar-refractivity contribution in [1.29, 1.82) is 0 Å². The Labute approximate surface area is 36.7 Å². The van der Waals surface area contributed by atoms with Crippen molar-refractivity contribution >= 4 is 12.6 Å². The molecule has 3 heteroatoms. The van der Waals surface area contributed by atoms with Gasteiger partial charge in [0.25, 0.3) is 0 Å². The molecule has 0 aromatic rings. The molecule has 2 N–H and O–H groups in total. The van der Waals surface area contributed by atoms with Crippen LogP contribution in [-0.2, 0) is 4.74 Å². The van der Waals surface area contributed by atoms with Crippen LogP contribution in [0.4, 0.5) is 0 Å². The second-order valence-corrected chi connectivity index (χ2v) is 0.758. The van der Waals surface area contributed by atoms with E-state index >= 15 is 0 Å². The van der Waals surface area contributed by atoms with E-state index in [0.717, 1.165) is 0 Å². The van der Waals surface area contributed by atoms with Gasteiger partial charge in [0.2, 0.25) is 0 Å². The van der Waals surface area contributed by atoms with E-state index in [-0.39, 0.29) is 6.73 Å². The molecule has 0 saturated heterocycles. The standard InChI is InChI=1S/C2H7NOS/c3-1-4-2-5/h5H,1-3H2. The molecular weight excluding hydrogens is 86.1 g/mol. The zero-order valence-corrected chi connectivity index (χ0v) is 3.74. The van der Waals surface area contributed by atoms with Gasteiger partial charge in [0.05, 0.1) is 12.7 Å². The van der Waals surface area contributed by atoms with Crippen LogP contribution in [0.2, 0.25) is 0 Å². The Hall–Kier alpha value is 0.270. The van der Waals surface area contributed by atoms with Crippen LogP contribution in [-0.4, -0.2) is 12.7 Å². The van der Waals surface area contributed by atoms with E-state index in [1.807, 2.05) is 0 Å². The lowest BCUT2D eigenvalue weighted by Gasteiger charge is -1.86. The Kier molecular flexibility index (Phi) is 4.50. The molecule has 0 fully saturated rings. The molecule has 0 radical (unpaired) electrons. The van der Waals surface area contributed by atoms with E-state index in [2.05, 4.69) is 17.4 Å². The topological polar surface area (TPSA) is 35.2 Å². The molecule has 0 rings (SSSR count).